The van der Waals surface area contributed by atoms with Crippen LogP contribution in [0.3, 0.4) is 0 Å². The van der Waals surface area contributed by atoms with Gasteiger partial charge in [-0.2, -0.15) is 0 Å². The second kappa shape index (κ2) is 5.10. The molecule has 2 aromatic carbocycles. The molecule has 0 aliphatic rings. The van der Waals surface area contributed by atoms with Gasteiger partial charge in [-0.05, 0) is 30.3 Å². The van der Waals surface area contributed by atoms with Crippen LogP contribution in [0.25, 0.3) is 22.0 Å². The van der Waals surface area contributed by atoms with Gasteiger partial charge in [-0.3, -0.25) is 14.8 Å². The highest BCUT2D eigenvalue weighted by atomic mass is 16.4. The van der Waals surface area contributed by atoms with E-state index >= 15 is 0 Å². The Morgan fingerprint density at radius 1 is 1.13 bits per heavy atom. The number of nitrogens with zero attached hydrogens (tertiary/aromatic N) is 1. The molecule has 2 aromatic heterocycles. The zero-order chi connectivity index (χ0) is 15.8. The maximum atomic E-state index is 12.5. The van der Waals surface area contributed by atoms with Crippen molar-refractivity contribution in [1.29, 1.82) is 0 Å². The van der Waals surface area contributed by atoms with Gasteiger partial charge < -0.3 is 9.73 Å². The number of rotatable bonds is 2. The van der Waals surface area contributed by atoms with E-state index in [0.717, 1.165) is 5.39 Å². The lowest BCUT2D eigenvalue weighted by atomic mass is 10.1. The van der Waals surface area contributed by atoms with E-state index in [9.17, 15) is 9.59 Å². The molecule has 23 heavy (non-hydrogen) atoms. The molecule has 0 radical (unpaired) electrons. The van der Waals surface area contributed by atoms with Crippen molar-refractivity contribution in [2.24, 2.45) is 0 Å². The minimum absolute atomic E-state index is 0.264. The number of aromatic nitrogens is 2. The zero-order valence-electron chi connectivity index (χ0n) is 11.9. The minimum atomic E-state index is -0.526. The van der Waals surface area contributed by atoms with Crippen LogP contribution >= 0.6 is 0 Å². The van der Waals surface area contributed by atoms with Gasteiger partial charge in [-0.15, -0.1) is 0 Å². The SMILES string of the molecule is O=C(Nc1ccc2oc(=O)[nH]c2c1)c1cccc2cccnc12. The van der Waals surface area contributed by atoms with Gasteiger partial charge in [0.05, 0.1) is 16.6 Å². The first-order valence-corrected chi connectivity index (χ1v) is 6.99. The molecule has 0 bridgehead atoms. The maximum absolute atomic E-state index is 12.5. The second-order valence-corrected chi connectivity index (χ2v) is 5.06. The van der Waals surface area contributed by atoms with Crippen LogP contribution in [0.2, 0.25) is 0 Å². The van der Waals surface area contributed by atoms with E-state index in [1.165, 1.54) is 0 Å². The first kappa shape index (κ1) is 13.3. The zero-order valence-corrected chi connectivity index (χ0v) is 11.9. The Hall–Kier alpha value is -3.41. The summed E-state index contributed by atoms with van der Waals surface area (Å²) in [6.07, 6.45) is 1.65. The summed E-state index contributed by atoms with van der Waals surface area (Å²) in [5, 5.41) is 3.71. The van der Waals surface area contributed by atoms with E-state index in [1.807, 2.05) is 24.3 Å². The molecule has 0 unspecified atom stereocenters. The number of carbonyl (C=O) groups is 1. The number of carbonyl (C=O) groups excluding carboxylic acids is 1. The first-order chi connectivity index (χ1) is 11.2. The third-order valence-electron chi connectivity index (χ3n) is 3.55. The number of benzene rings is 2. The molecule has 6 nitrogen and oxygen atoms in total. The van der Waals surface area contributed by atoms with E-state index in [1.54, 1.807) is 30.5 Å². The highest BCUT2D eigenvalue weighted by Gasteiger charge is 2.12. The van der Waals surface area contributed by atoms with Crippen LogP contribution < -0.4 is 11.1 Å². The highest BCUT2D eigenvalue weighted by Crippen LogP contribution is 2.20. The standard InChI is InChI=1S/C17H11N3O3/c21-16(12-5-1-3-10-4-2-8-18-15(10)12)19-11-6-7-14-13(9-11)20-17(22)23-14/h1-9H,(H,19,21)(H,20,22). The quantitative estimate of drug-likeness (QED) is 0.596. The van der Waals surface area contributed by atoms with E-state index in [-0.39, 0.29) is 5.91 Å². The molecule has 4 rings (SSSR count). The van der Waals surface area contributed by atoms with Gasteiger partial charge in [0.2, 0.25) is 0 Å². The summed E-state index contributed by atoms with van der Waals surface area (Å²) < 4.78 is 4.94. The lowest BCUT2D eigenvalue weighted by Gasteiger charge is -2.07. The minimum Gasteiger partial charge on any atom is -0.408 e. The molecule has 6 heteroatoms. The molecule has 0 saturated carbocycles. The molecule has 112 valence electrons. The van der Waals surface area contributed by atoms with Gasteiger partial charge in [-0.25, -0.2) is 4.79 Å². The number of hydrogen-bond donors (Lipinski definition) is 2. The smallest absolute Gasteiger partial charge is 0.408 e. The molecule has 0 spiro atoms. The van der Waals surface area contributed by atoms with Crippen LogP contribution in [0, 0.1) is 0 Å². The first-order valence-electron chi connectivity index (χ1n) is 6.99. The summed E-state index contributed by atoms with van der Waals surface area (Å²) in [6, 6.07) is 14.1. The molecule has 4 aromatic rings. The average molecular weight is 305 g/mol. The summed E-state index contributed by atoms with van der Waals surface area (Å²) in [7, 11) is 0. The van der Waals surface area contributed by atoms with Crippen molar-refractivity contribution < 1.29 is 9.21 Å². The number of fused-ring (bicyclic) bond motifs is 2. The number of aromatic amines is 1. The molecule has 0 fully saturated rings. The summed E-state index contributed by atoms with van der Waals surface area (Å²) in [6.45, 7) is 0. The topological polar surface area (TPSA) is 88.0 Å². The van der Waals surface area contributed by atoms with Crippen LogP contribution in [0.4, 0.5) is 5.69 Å². The Kier molecular flexibility index (Phi) is 2.94. The van der Waals surface area contributed by atoms with E-state index in [0.29, 0.717) is 27.9 Å². The molecule has 0 aliphatic carbocycles. The normalized spacial score (nSPS) is 11.0. The van der Waals surface area contributed by atoms with Gasteiger partial charge in [0.15, 0.2) is 5.58 Å². The number of amides is 1. The molecule has 2 N–H and O–H groups in total. The highest BCUT2D eigenvalue weighted by molar-refractivity contribution is 6.12. The van der Waals surface area contributed by atoms with E-state index in [4.69, 9.17) is 4.42 Å². The van der Waals surface area contributed by atoms with Crippen molar-refractivity contribution in [1.82, 2.24) is 9.97 Å². The Morgan fingerprint density at radius 3 is 2.91 bits per heavy atom. The molecule has 0 saturated heterocycles. The second-order valence-electron chi connectivity index (χ2n) is 5.06. The molecule has 1 amide bonds. The number of H-pyrrole nitrogens is 1. The summed E-state index contributed by atoms with van der Waals surface area (Å²) in [5.41, 5.74) is 2.67. The molecular weight excluding hydrogens is 294 g/mol. The van der Waals surface area contributed by atoms with Crippen molar-refractivity contribution in [2.45, 2.75) is 0 Å². The van der Waals surface area contributed by atoms with Crippen molar-refractivity contribution in [3.63, 3.8) is 0 Å². The van der Waals surface area contributed by atoms with Crippen molar-refractivity contribution in [3.8, 4) is 0 Å². The lowest BCUT2D eigenvalue weighted by Crippen LogP contribution is -2.12. The Balaban J connectivity index is 1.71. The van der Waals surface area contributed by atoms with Crippen LogP contribution in [-0.2, 0) is 0 Å². The molecular formula is C17H11N3O3. The van der Waals surface area contributed by atoms with Crippen LogP contribution in [0.1, 0.15) is 10.4 Å². The van der Waals surface area contributed by atoms with Gasteiger partial charge in [0, 0.05) is 17.3 Å². The van der Waals surface area contributed by atoms with Crippen LogP contribution in [0.5, 0.6) is 0 Å². The number of nitrogens with one attached hydrogen (secondary N) is 2. The Morgan fingerprint density at radius 2 is 2.00 bits per heavy atom. The third kappa shape index (κ3) is 2.36. The summed E-state index contributed by atoms with van der Waals surface area (Å²) in [5.74, 6) is -0.791. The largest absolute Gasteiger partial charge is 0.417 e. The maximum Gasteiger partial charge on any atom is 0.417 e. The van der Waals surface area contributed by atoms with Crippen molar-refractivity contribution in [3.05, 3.63) is 70.8 Å². The number of anilines is 1. The number of oxazole rings is 1. The fourth-order valence-electron chi connectivity index (χ4n) is 2.52. The van der Waals surface area contributed by atoms with Crippen molar-refractivity contribution in [2.75, 3.05) is 5.32 Å². The molecule has 2 heterocycles. The van der Waals surface area contributed by atoms with Crippen LogP contribution in [0.15, 0.2) is 63.9 Å². The molecule has 0 aliphatic heterocycles. The van der Waals surface area contributed by atoms with Gasteiger partial charge in [0.1, 0.15) is 0 Å². The fraction of sp³-hybridized carbons (Fsp3) is 0. The Bertz CT molecular complexity index is 1090. The van der Waals surface area contributed by atoms with Gasteiger partial charge in [-0.1, -0.05) is 18.2 Å². The molecule has 0 atom stereocenters. The van der Waals surface area contributed by atoms with Crippen LogP contribution in [-0.4, -0.2) is 15.9 Å². The van der Waals surface area contributed by atoms with Gasteiger partial charge in [0.25, 0.3) is 5.91 Å². The monoisotopic (exact) mass is 305 g/mol. The Labute approximate surface area is 129 Å². The predicted molar refractivity (Wildman–Crippen MR) is 86.5 cm³/mol. The summed E-state index contributed by atoms with van der Waals surface area (Å²) in [4.78, 5) is 30.5. The van der Waals surface area contributed by atoms with E-state index < -0.39 is 5.76 Å². The number of hydrogen-bond acceptors (Lipinski definition) is 4. The number of para-hydroxylation sites is 1. The number of pyridine rings is 1. The third-order valence-corrected chi connectivity index (χ3v) is 3.55. The van der Waals surface area contributed by atoms with E-state index in [2.05, 4.69) is 15.3 Å². The lowest BCUT2D eigenvalue weighted by molar-refractivity contribution is 0.102. The summed E-state index contributed by atoms with van der Waals surface area (Å²) >= 11 is 0. The van der Waals surface area contributed by atoms with Crippen molar-refractivity contribution >= 4 is 33.6 Å². The fourth-order valence-corrected chi connectivity index (χ4v) is 2.52. The predicted octanol–water partition coefficient (Wildman–Crippen LogP) is 2.92. The average Bonchev–Trinajstić information content (AvgIpc) is 2.93. The van der Waals surface area contributed by atoms with Gasteiger partial charge >= 0.3 is 5.76 Å².